The van der Waals surface area contributed by atoms with Crippen molar-refractivity contribution < 1.29 is 4.79 Å². The Morgan fingerprint density at radius 1 is 0.867 bits per heavy atom. The second-order valence-electron chi connectivity index (χ2n) is 11.4. The molecule has 1 unspecified atom stereocenters. The maximum atomic E-state index is 12.3. The molecule has 0 aromatic rings. The minimum Gasteiger partial charge on any atom is -0.333 e. The molecule has 1 atom stereocenters. The van der Waals surface area contributed by atoms with Gasteiger partial charge in [0.05, 0.1) is 0 Å². The van der Waals surface area contributed by atoms with Gasteiger partial charge < -0.3 is 4.90 Å². The Bertz CT molecular complexity index is 495. The zero-order valence-corrected chi connectivity index (χ0v) is 21.1. The highest BCUT2D eigenvalue weighted by atomic mass is 16.2. The topological polar surface area (TPSA) is 23.6 Å². The number of carbonyl (C=O) groups is 1. The van der Waals surface area contributed by atoms with Crippen molar-refractivity contribution in [2.24, 2.45) is 5.92 Å². The zero-order valence-electron chi connectivity index (χ0n) is 21.1. The minimum absolute atomic E-state index is 0.0687. The van der Waals surface area contributed by atoms with Crippen LogP contribution in [0.2, 0.25) is 0 Å². The second-order valence-corrected chi connectivity index (χ2v) is 11.4. The molecular weight excluding hydrogens is 368 g/mol. The summed E-state index contributed by atoms with van der Waals surface area (Å²) in [5, 5.41) is 0. The lowest BCUT2D eigenvalue weighted by molar-refractivity contribution is -0.149. The molecule has 0 aromatic heterocycles. The summed E-state index contributed by atoms with van der Waals surface area (Å²) in [5.41, 5.74) is -0.137. The maximum absolute atomic E-state index is 12.3. The van der Waals surface area contributed by atoms with Crippen LogP contribution < -0.4 is 0 Å². The van der Waals surface area contributed by atoms with Gasteiger partial charge in [-0.15, -0.1) is 0 Å². The van der Waals surface area contributed by atoms with Crippen LogP contribution in [0.1, 0.15) is 131 Å². The third-order valence-electron chi connectivity index (χ3n) is 7.55. The standard InChI is InChI=1S/C27H51N2O/c1-7-8-9-10-11-12-13-14-15-16-17-24-18-19-28(22-24)25-20-26(3,4)29(23(2)30)27(5,6)21-25/h22,24-25H,7-21H2,1-6H3. The summed E-state index contributed by atoms with van der Waals surface area (Å²) in [6.45, 7) is 16.8. The minimum atomic E-state index is -0.0687. The quantitative estimate of drug-likeness (QED) is 0.309. The molecule has 1 radical (unpaired) electrons. The average Bonchev–Trinajstić information content (AvgIpc) is 3.09. The molecule has 0 aliphatic carbocycles. The summed E-state index contributed by atoms with van der Waals surface area (Å²) >= 11 is 0. The van der Waals surface area contributed by atoms with Gasteiger partial charge in [-0.3, -0.25) is 9.69 Å². The van der Waals surface area contributed by atoms with Crippen molar-refractivity contribution in [3.63, 3.8) is 0 Å². The average molecular weight is 420 g/mol. The summed E-state index contributed by atoms with van der Waals surface area (Å²) in [4.78, 5) is 17.1. The Labute approximate surface area is 188 Å². The molecule has 0 aromatic carbocycles. The van der Waals surface area contributed by atoms with E-state index in [-0.39, 0.29) is 17.0 Å². The summed E-state index contributed by atoms with van der Waals surface area (Å²) in [7, 11) is 0. The molecule has 2 fully saturated rings. The molecule has 0 N–H and O–H groups in total. The molecule has 2 saturated heterocycles. The number of piperidine rings is 1. The van der Waals surface area contributed by atoms with Gasteiger partial charge in [0.15, 0.2) is 0 Å². The van der Waals surface area contributed by atoms with Crippen LogP contribution in [0.3, 0.4) is 0 Å². The largest absolute Gasteiger partial charge is 0.333 e. The highest BCUT2D eigenvalue weighted by Gasteiger charge is 2.48. The molecule has 2 heterocycles. The Hall–Kier alpha value is -0.570. The maximum Gasteiger partial charge on any atom is 0.220 e. The Morgan fingerprint density at radius 2 is 1.37 bits per heavy atom. The van der Waals surface area contributed by atoms with Crippen molar-refractivity contribution >= 4 is 5.91 Å². The molecule has 3 nitrogen and oxygen atoms in total. The lowest BCUT2D eigenvalue weighted by atomic mass is 9.76. The lowest BCUT2D eigenvalue weighted by Crippen LogP contribution is -2.65. The third-order valence-corrected chi connectivity index (χ3v) is 7.55. The summed E-state index contributed by atoms with van der Waals surface area (Å²) < 4.78 is 0. The smallest absolute Gasteiger partial charge is 0.220 e. The number of nitrogens with zero attached hydrogens (tertiary/aromatic N) is 2. The number of hydrogen-bond donors (Lipinski definition) is 0. The van der Waals surface area contributed by atoms with E-state index in [1.165, 1.54) is 83.6 Å². The zero-order chi connectivity index (χ0) is 22.2. The molecule has 0 spiro atoms. The fraction of sp³-hybridized carbons (Fsp3) is 0.926. The summed E-state index contributed by atoms with van der Waals surface area (Å²) in [6, 6.07) is 0.573. The number of likely N-dealkylation sites (tertiary alicyclic amines) is 2. The first-order valence-electron chi connectivity index (χ1n) is 13.1. The third kappa shape index (κ3) is 7.53. The van der Waals surface area contributed by atoms with Gasteiger partial charge in [0, 0.05) is 30.6 Å². The first-order chi connectivity index (χ1) is 14.2. The fourth-order valence-electron chi connectivity index (χ4n) is 6.47. The normalized spacial score (nSPS) is 24.5. The van der Waals surface area contributed by atoms with Crippen molar-refractivity contribution in [3.05, 3.63) is 6.54 Å². The lowest BCUT2D eigenvalue weighted by Gasteiger charge is -2.56. The van der Waals surface area contributed by atoms with E-state index in [1.54, 1.807) is 6.92 Å². The number of carbonyl (C=O) groups excluding carboxylic acids is 1. The van der Waals surface area contributed by atoms with Crippen molar-refractivity contribution in [2.45, 2.75) is 149 Å². The number of amides is 1. The molecule has 2 aliphatic heterocycles. The molecular formula is C27H51N2O. The summed E-state index contributed by atoms with van der Waals surface area (Å²) in [5.74, 6) is 0.990. The van der Waals surface area contributed by atoms with Gasteiger partial charge >= 0.3 is 0 Å². The van der Waals surface area contributed by atoms with E-state index in [0.717, 1.165) is 18.8 Å². The van der Waals surface area contributed by atoms with Crippen molar-refractivity contribution in [2.75, 3.05) is 6.54 Å². The Balaban J connectivity index is 1.64. The van der Waals surface area contributed by atoms with Crippen LogP contribution >= 0.6 is 0 Å². The van der Waals surface area contributed by atoms with Gasteiger partial charge in [-0.05, 0) is 65.8 Å². The van der Waals surface area contributed by atoms with Gasteiger partial charge in [0.2, 0.25) is 5.91 Å². The Morgan fingerprint density at radius 3 is 1.87 bits per heavy atom. The van der Waals surface area contributed by atoms with Crippen molar-refractivity contribution in [1.29, 1.82) is 0 Å². The monoisotopic (exact) mass is 419 g/mol. The summed E-state index contributed by atoms with van der Waals surface area (Å²) in [6.07, 6.45) is 19.1. The van der Waals surface area contributed by atoms with Crippen LogP contribution in [0.25, 0.3) is 0 Å². The van der Waals surface area contributed by atoms with E-state index >= 15 is 0 Å². The van der Waals surface area contributed by atoms with Crippen molar-refractivity contribution in [3.8, 4) is 0 Å². The van der Waals surface area contributed by atoms with Gasteiger partial charge in [-0.2, -0.15) is 0 Å². The van der Waals surface area contributed by atoms with Crippen LogP contribution in [-0.4, -0.2) is 39.4 Å². The van der Waals surface area contributed by atoms with Crippen LogP contribution in [0.15, 0.2) is 0 Å². The molecule has 30 heavy (non-hydrogen) atoms. The molecule has 2 rings (SSSR count). The molecule has 3 heteroatoms. The van der Waals surface area contributed by atoms with Crippen molar-refractivity contribution in [1.82, 2.24) is 9.80 Å². The molecule has 1 amide bonds. The first kappa shape index (κ1) is 25.7. The van der Waals surface area contributed by atoms with E-state index in [2.05, 4.69) is 51.0 Å². The van der Waals surface area contributed by atoms with Crippen LogP contribution in [0.5, 0.6) is 0 Å². The molecule has 0 saturated carbocycles. The van der Waals surface area contributed by atoms with Gasteiger partial charge in [0.25, 0.3) is 0 Å². The predicted octanol–water partition coefficient (Wildman–Crippen LogP) is 7.35. The fourth-order valence-corrected chi connectivity index (χ4v) is 6.47. The molecule has 2 aliphatic rings. The Kier molecular flexibility index (Phi) is 10.2. The van der Waals surface area contributed by atoms with Gasteiger partial charge in [-0.25, -0.2) is 0 Å². The highest BCUT2D eigenvalue weighted by molar-refractivity contribution is 5.75. The van der Waals surface area contributed by atoms with E-state index < -0.39 is 0 Å². The first-order valence-corrected chi connectivity index (χ1v) is 13.1. The predicted molar refractivity (Wildman–Crippen MR) is 129 cm³/mol. The van der Waals surface area contributed by atoms with Crippen LogP contribution in [-0.2, 0) is 4.79 Å². The van der Waals surface area contributed by atoms with Crippen LogP contribution in [0, 0.1) is 12.5 Å². The SMILES string of the molecule is CCCCCCCCCCCCC1[CH]N(C2CC(C)(C)N(C(C)=O)C(C)(C)C2)CC1. The highest BCUT2D eigenvalue weighted by Crippen LogP contribution is 2.42. The van der Waals surface area contributed by atoms with Crippen LogP contribution in [0.4, 0.5) is 0 Å². The molecule has 0 bridgehead atoms. The van der Waals surface area contributed by atoms with Gasteiger partial charge in [-0.1, -0.05) is 71.1 Å². The van der Waals surface area contributed by atoms with E-state index in [4.69, 9.17) is 0 Å². The second kappa shape index (κ2) is 11.9. The number of unbranched alkanes of at least 4 members (excludes halogenated alkanes) is 9. The van der Waals surface area contributed by atoms with Gasteiger partial charge in [0.1, 0.15) is 0 Å². The van der Waals surface area contributed by atoms with E-state index in [0.29, 0.717) is 6.04 Å². The number of rotatable bonds is 12. The van der Waals surface area contributed by atoms with E-state index in [1.807, 2.05) is 0 Å². The van der Waals surface area contributed by atoms with E-state index in [9.17, 15) is 4.79 Å². The molecule has 175 valence electrons. The number of hydrogen-bond acceptors (Lipinski definition) is 2.